The highest BCUT2D eigenvalue weighted by Gasteiger charge is 2.16. The molecule has 4 nitrogen and oxygen atoms in total. The minimum atomic E-state index is -0.380. The molecule has 1 aromatic heterocycles. The van der Waals surface area contributed by atoms with E-state index in [0.717, 1.165) is 11.1 Å². The maximum atomic E-state index is 13.0. The fourth-order valence-corrected chi connectivity index (χ4v) is 2.48. The molecule has 0 saturated carbocycles. The van der Waals surface area contributed by atoms with Crippen LogP contribution in [-0.4, -0.2) is 16.7 Å². The molecule has 2 N–H and O–H groups in total. The molecule has 120 valence electrons. The van der Waals surface area contributed by atoms with E-state index >= 15 is 0 Å². The van der Waals surface area contributed by atoms with Crippen LogP contribution in [0.2, 0.25) is 0 Å². The van der Waals surface area contributed by atoms with Crippen LogP contribution in [0.3, 0.4) is 0 Å². The third-order valence-corrected chi connectivity index (χ3v) is 3.61. The summed E-state index contributed by atoms with van der Waals surface area (Å²) in [7, 11) is 0. The lowest BCUT2D eigenvalue weighted by Gasteiger charge is -2.06. The van der Waals surface area contributed by atoms with Gasteiger partial charge in [-0.05, 0) is 42.0 Å². The van der Waals surface area contributed by atoms with E-state index in [1.165, 1.54) is 31.2 Å². The van der Waals surface area contributed by atoms with Crippen molar-refractivity contribution in [2.24, 2.45) is 0 Å². The Morgan fingerprint density at radius 1 is 0.958 bits per heavy atom. The fraction of sp³-hybridized carbons (Fsp3) is 0.0526. The van der Waals surface area contributed by atoms with Crippen molar-refractivity contribution in [2.45, 2.75) is 6.92 Å². The molecule has 24 heavy (non-hydrogen) atoms. The van der Waals surface area contributed by atoms with Crippen LogP contribution in [0, 0.1) is 5.82 Å². The van der Waals surface area contributed by atoms with Gasteiger partial charge in [-0.2, -0.15) is 0 Å². The number of aromatic amines is 1. The first-order chi connectivity index (χ1) is 11.5. The van der Waals surface area contributed by atoms with E-state index in [1.54, 1.807) is 24.5 Å². The summed E-state index contributed by atoms with van der Waals surface area (Å²) in [6, 6.07) is 12.7. The first-order valence-corrected chi connectivity index (χ1v) is 7.39. The van der Waals surface area contributed by atoms with Gasteiger partial charge in [0.1, 0.15) is 5.82 Å². The monoisotopic (exact) mass is 322 g/mol. The van der Waals surface area contributed by atoms with Crippen molar-refractivity contribution in [3.05, 3.63) is 77.9 Å². The van der Waals surface area contributed by atoms with E-state index in [1.807, 2.05) is 12.1 Å². The third kappa shape index (κ3) is 3.25. The highest BCUT2D eigenvalue weighted by molar-refractivity contribution is 6.12. The summed E-state index contributed by atoms with van der Waals surface area (Å²) >= 11 is 0. The largest absolute Gasteiger partial charge is 0.366 e. The molecular formula is C19H15FN2O2. The van der Waals surface area contributed by atoms with Crippen LogP contribution < -0.4 is 5.32 Å². The molecule has 0 unspecified atom stereocenters. The molecule has 1 amide bonds. The number of carbonyl (C=O) groups excluding carboxylic acids is 2. The van der Waals surface area contributed by atoms with E-state index in [0.29, 0.717) is 16.8 Å². The predicted octanol–water partition coefficient (Wildman–Crippen LogP) is 4.01. The van der Waals surface area contributed by atoms with Gasteiger partial charge in [-0.25, -0.2) is 4.39 Å². The predicted molar refractivity (Wildman–Crippen MR) is 90.4 cm³/mol. The number of carbonyl (C=O) groups is 2. The lowest BCUT2D eigenvalue weighted by Crippen LogP contribution is -2.05. The van der Waals surface area contributed by atoms with Crippen molar-refractivity contribution >= 4 is 17.4 Å². The maximum Gasteiger partial charge on any atom is 0.221 e. The Morgan fingerprint density at radius 2 is 1.62 bits per heavy atom. The topological polar surface area (TPSA) is 62.0 Å². The van der Waals surface area contributed by atoms with Crippen LogP contribution in [0.5, 0.6) is 0 Å². The summed E-state index contributed by atoms with van der Waals surface area (Å²) in [6.45, 7) is 1.44. The fourth-order valence-electron chi connectivity index (χ4n) is 2.48. The van der Waals surface area contributed by atoms with Crippen molar-refractivity contribution in [3.8, 4) is 11.1 Å². The van der Waals surface area contributed by atoms with E-state index in [-0.39, 0.29) is 17.5 Å². The number of anilines is 1. The average molecular weight is 322 g/mol. The van der Waals surface area contributed by atoms with Crippen LogP contribution in [0.1, 0.15) is 22.8 Å². The Bertz CT molecular complexity index is 880. The van der Waals surface area contributed by atoms with Gasteiger partial charge in [0.15, 0.2) is 5.78 Å². The number of hydrogen-bond donors (Lipinski definition) is 2. The van der Waals surface area contributed by atoms with Crippen LogP contribution in [0.4, 0.5) is 10.1 Å². The number of ketones is 1. The van der Waals surface area contributed by atoms with Gasteiger partial charge in [-0.3, -0.25) is 9.59 Å². The Balaban J connectivity index is 1.91. The standard InChI is InChI=1S/C19H15FN2O2/c1-12(23)22-16-8-4-13(5-9-16)17-10-21-11-18(17)19(24)14-2-6-15(20)7-3-14/h2-11,21H,1H3,(H,22,23). The molecule has 0 bridgehead atoms. The summed E-state index contributed by atoms with van der Waals surface area (Å²) < 4.78 is 13.0. The van der Waals surface area contributed by atoms with Gasteiger partial charge >= 0.3 is 0 Å². The number of H-pyrrole nitrogens is 1. The molecule has 3 rings (SSSR count). The van der Waals surface area contributed by atoms with Gasteiger partial charge < -0.3 is 10.3 Å². The van der Waals surface area contributed by atoms with Crippen LogP contribution in [0.15, 0.2) is 60.9 Å². The minimum Gasteiger partial charge on any atom is -0.366 e. The molecular weight excluding hydrogens is 307 g/mol. The highest BCUT2D eigenvalue weighted by Crippen LogP contribution is 2.27. The lowest BCUT2D eigenvalue weighted by molar-refractivity contribution is -0.114. The lowest BCUT2D eigenvalue weighted by atomic mass is 9.98. The second-order valence-electron chi connectivity index (χ2n) is 5.38. The number of amides is 1. The van der Waals surface area contributed by atoms with Gasteiger partial charge in [0.2, 0.25) is 5.91 Å². The Labute approximate surface area is 138 Å². The van der Waals surface area contributed by atoms with Gasteiger partial charge in [0.05, 0.1) is 0 Å². The molecule has 0 radical (unpaired) electrons. The quantitative estimate of drug-likeness (QED) is 0.713. The second-order valence-corrected chi connectivity index (χ2v) is 5.38. The molecule has 2 aromatic carbocycles. The molecule has 3 aromatic rings. The van der Waals surface area contributed by atoms with Crippen molar-refractivity contribution in [3.63, 3.8) is 0 Å². The summed E-state index contributed by atoms with van der Waals surface area (Å²) in [5.74, 6) is -0.705. The highest BCUT2D eigenvalue weighted by atomic mass is 19.1. The van der Waals surface area contributed by atoms with E-state index in [4.69, 9.17) is 0 Å². The van der Waals surface area contributed by atoms with Crippen LogP contribution >= 0.6 is 0 Å². The summed E-state index contributed by atoms with van der Waals surface area (Å²) in [5, 5.41) is 2.70. The first-order valence-electron chi connectivity index (χ1n) is 7.39. The summed E-state index contributed by atoms with van der Waals surface area (Å²) in [4.78, 5) is 26.6. The average Bonchev–Trinajstić information content (AvgIpc) is 3.04. The molecule has 0 spiro atoms. The van der Waals surface area contributed by atoms with E-state index < -0.39 is 0 Å². The minimum absolute atomic E-state index is 0.142. The van der Waals surface area contributed by atoms with Crippen molar-refractivity contribution < 1.29 is 14.0 Å². The van der Waals surface area contributed by atoms with Gasteiger partial charge in [0, 0.05) is 41.7 Å². The third-order valence-electron chi connectivity index (χ3n) is 3.61. The van der Waals surface area contributed by atoms with Crippen molar-refractivity contribution in [2.75, 3.05) is 5.32 Å². The van der Waals surface area contributed by atoms with Gasteiger partial charge in [-0.1, -0.05) is 12.1 Å². The molecule has 1 heterocycles. The van der Waals surface area contributed by atoms with Gasteiger partial charge in [0.25, 0.3) is 0 Å². The molecule has 0 aliphatic rings. The maximum absolute atomic E-state index is 13.0. The molecule has 0 aliphatic heterocycles. The SMILES string of the molecule is CC(=O)Nc1ccc(-c2c[nH]cc2C(=O)c2ccc(F)cc2)cc1. The van der Waals surface area contributed by atoms with E-state index in [2.05, 4.69) is 10.3 Å². The first kappa shape index (κ1) is 15.7. The summed E-state index contributed by atoms with van der Waals surface area (Å²) in [6.07, 6.45) is 3.37. The number of aromatic nitrogens is 1. The molecule has 5 heteroatoms. The Morgan fingerprint density at radius 3 is 2.25 bits per heavy atom. The number of rotatable bonds is 4. The zero-order chi connectivity index (χ0) is 17.1. The normalized spacial score (nSPS) is 10.4. The molecule has 0 fully saturated rings. The number of benzene rings is 2. The molecule has 0 atom stereocenters. The van der Waals surface area contributed by atoms with Crippen LogP contribution in [0.25, 0.3) is 11.1 Å². The molecule has 0 saturated heterocycles. The van der Waals surface area contributed by atoms with Gasteiger partial charge in [-0.15, -0.1) is 0 Å². The van der Waals surface area contributed by atoms with E-state index in [9.17, 15) is 14.0 Å². The molecule has 0 aliphatic carbocycles. The zero-order valence-electron chi connectivity index (χ0n) is 13.0. The smallest absolute Gasteiger partial charge is 0.221 e. The Kier molecular flexibility index (Phi) is 4.24. The van der Waals surface area contributed by atoms with Crippen molar-refractivity contribution in [1.29, 1.82) is 0 Å². The van der Waals surface area contributed by atoms with Crippen molar-refractivity contribution in [1.82, 2.24) is 4.98 Å². The number of nitrogens with one attached hydrogen (secondary N) is 2. The zero-order valence-corrected chi connectivity index (χ0v) is 13.0. The summed E-state index contributed by atoms with van der Waals surface area (Å²) in [5.41, 5.74) is 3.21. The number of halogens is 1. The second kappa shape index (κ2) is 6.50. The number of hydrogen-bond acceptors (Lipinski definition) is 2. The Hall–Kier alpha value is -3.21. The van der Waals surface area contributed by atoms with Crippen LogP contribution in [-0.2, 0) is 4.79 Å².